The normalized spacial score (nSPS) is 10.6. The van der Waals surface area contributed by atoms with Crippen LogP contribution in [0.15, 0.2) is 56.7 Å². The maximum Gasteiger partial charge on any atom is 0.339 e. The molecule has 0 saturated heterocycles. The first-order chi connectivity index (χ1) is 8.28. The molecule has 4 nitrogen and oxygen atoms in total. The molecule has 1 aromatic carbocycles. The predicted molar refractivity (Wildman–Crippen MR) is 65.2 cm³/mol. The van der Waals surface area contributed by atoms with Gasteiger partial charge in [0.05, 0.1) is 25.1 Å². The second-order valence-electron chi connectivity index (χ2n) is 3.31. The van der Waals surface area contributed by atoms with Crippen molar-refractivity contribution in [2.75, 3.05) is 7.11 Å². The van der Waals surface area contributed by atoms with E-state index in [4.69, 9.17) is 9.15 Å². The maximum absolute atomic E-state index is 11.2. The molecular weight excluding hydrogens is 218 g/mol. The Balaban J connectivity index is 2.27. The van der Waals surface area contributed by atoms with E-state index in [2.05, 4.69) is 4.99 Å². The summed E-state index contributed by atoms with van der Waals surface area (Å²) in [5.41, 5.74) is 0.330. The molecule has 0 spiro atoms. The van der Waals surface area contributed by atoms with Crippen molar-refractivity contribution in [2.24, 2.45) is 4.99 Å². The fraction of sp³-hybridized carbons (Fsp3) is 0.0769. The zero-order chi connectivity index (χ0) is 12.1. The highest BCUT2D eigenvalue weighted by atomic mass is 16.5. The lowest BCUT2D eigenvalue weighted by molar-refractivity contribution is 0.401. The van der Waals surface area contributed by atoms with Crippen LogP contribution in [0.4, 0.5) is 5.69 Å². The van der Waals surface area contributed by atoms with Gasteiger partial charge in [-0.2, -0.15) is 0 Å². The van der Waals surface area contributed by atoms with Gasteiger partial charge in [-0.05, 0) is 12.1 Å². The van der Waals surface area contributed by atoms with E-state index >= 15 is 0 Å². The first-order valence-corrected chi connectivity index (χ1v) is 5.06. The quantitative estimate of drug-likeness (QED) is 0.759. The molecule has 1 heterocycles. The van der Waals surface area contributed by atoms with E-state index in [0.717, 1.165) is 5.69 Å². The fourth-order valence-corrected chi connectivity index (χ4v) is 1.31. The maximum atomic E-state index is 11.2. The minimum atomic E-state index is -0.459. The second-order valence-corrected chi connectivity index (χ2v) is 3.31. The second kappa shape index (κ2) is 5.12. The highest BCUT2D eigenvalue weighted by Gasteiger charge is 1.99. The van der Waals surface area contributed by atoms with Crippen LogP contribution in [0.25, 0.3) is 0 Å². The minimum Gasteiger partial charge on any atom is -0.496 e. The SMILES string of the molecule is COc1cc(C=Nc2ccccc2)oc(=O)c1. The van der Waals surface area contributed by atoms with Crippen molar-refractivity contribution in [3.8, 4) is 5.75 Å². The van der Waals surface area contributed by atoms with Gasteiger partial charge in [0.25, 0.3) is 0 Å². The van der Waals surface area contributed by atoms with Gasteiger partial charge >= 0.3 is 5.63 Å². The number of rotatable bonds is 3. The topological polar surface area (TPSA) is 51.8 Å². The van der Waals surface area contributed by atoms with Gasteiger partial charge < -0.3 is 9.15 Å². The summed E-state index contributed by atoms with van der Waals surface area (Å²) in [5, 5.41) is 0. The lowest BCUT2D eigenvalue weighted by Crippen LogP contribution is -2.00. The Morgan fingerprint density at radius 1 is 1.24 bits per heavy atom. The Morgan fingerprint density at radius 2 is 2.00 bits per heavy atom. The molecule has 0 amide bonds. The lowest BCUT2D eigenvalue weighted by atomic mass is 10.3. The molecule has 1 aromatic heterocycles. The van der Waals surface area contributed by atoms with Gasteiger partial charge in [-0.15, -0.1) is 0 Å². The van der Waals surface area contributed by atoms with Gasteiger partial charge in [0.15, 0.2) is 5.76 Å². The summed E-state index contributed by atoms with van der Waals surface area (Å²) >= 11 is 0. The van der Waals surface area contributed by atoms with E-state index in [-0.39, 0.29) is 0 Å². The van der Waals surface area contributed by atoms with E-state index in [9.17, 15) is 4.79 Å². The van der Waals surface area contributed by atoms with Gasteiger partial charge in [-0.1, -0.05) is 18.2 Å². The number of benzene rings is 1. The molecular formula is C13H11NO3. The zero-order valence-corrected chi connectivity index (χ0v) is 9.29. The summed E-state index contributed by atoms with van der Waals surface area (Å²) in [5.74, 6) is 0.814. The Morgan fingerprint density at radius 3 is 2.71 bits per heavy atom. The van der Waals surface area contributed by atoms with E-state index in [0.29, 0.717) is 11.5 Å². The number of hydrogen-bond donors (Lipinski definition) is 0. The summed E-state index contributed by atoms with van der Waals surface area (Å²) in [6, 6.07) is 12.3. The highest BCUT2D eigenvalue weighted by Crippen LogP contribution is 2.11. The summed E-state index contributed by atoms with van der Waals surface area (Å²) in [6.45, 7) is 0. The number of para-hydroxylation sites is 1. The number of methoxy groups -OCH3 is 1. The average molecular weight is 229 g/mol. The molecule has 0 aliphatic carbocycles. The van der Waals surface area contributed by atoms with Crippen LogP contribution in [0.5, 0.6) is 5.75 Å². The molecule has 0 aliphatic heterocycles. The van der Waals surface area contributed by atoms with Crippen molar-refractivity contribution < 1.29 is 9.15 Å². The molecule has 0 aliphatic rings. The zero-order valence-electron chi connectivity index (χ0n) is 9.29. The minimum absolute atomic E-state index is 0.359. The fourth-order valence-electron chi connectivity index (χ4n) is 1.31. The van der Waals surface area contributed by atoms with Crippen molar-refractivity contribution in [1.82, 2.24) is 0 Å². The van der Waals surface area contributed by atoms with Crippen LogP contribution in [0.3, 0.4) is 0 Å². The van der Waals surface area contributed by atoms with Crippen molar-refractivity contribution in [1.29, 1.82) is 0 Å². The van der Waals surface area contributed by atoms with Gasteiger partial charge in [-0.25, -0.2) is 4.79 Å². The Kier molecular flexibility index (Phi) is 3.35. The first kappa shape index (κ1) is 11.1. The third-order valence-corrected chi connectivity index (χ3v) is 2.10. The number of aliphatic imine (C=N–C) groups is 1. The van der Waals surface area contributed by atoms with Crippen LogP contribution in [0, 0.1) is 0 Å². The van der Waals surface area contributed by atoms with Gasteiger partial charge in [0.1, 0.15) is 5.75 Å². The van der Waals surface area contributed by atoms with Crippen LogP contribution in [-0.2, 0) is 0 Å². The highest BCUT2D eigenvalue weighted by molar-refractivity contribution is 5.78. The van der Waals surface area contributed by atoms with Crippen LogP contribution in [0.2, 0.25) is 0 Å². The van der Waals surface area contributed by atoms with Crippen LogP contribution < -0.4 is 10.4 Å². The average Bonchev–Trinajstić information content (AvgIpc) is 2.37. The van der Waals surface area contributed by atoms with Crippen LogP contribution in [0.1, 0.15) is 5.76 Å². The molecule has 0 fully saturated rings. The predicted octanol–water partition coefficient (Wildman–Crippen LogP) is 2.40. The lowest BCUT2D eigenvalue weighted by Gasteiger charge is -1.98. The van der Waals surface area contributed by atoms with E-state index in [1.165, 1.54) is 19.4 Å². The molecule has 17 heavy (non-hydrogen) atoms. The molecule has 0 radical (unpaired) electrons. The molecule has 2 aromatic rings. The standard InChI is InChI=1S/C13H11NO3/c1-16-11-7-12(17-13(15)8-11)9-14-10-5-3-2-4-6-10/h2-9H,1H3. The van der Waals surface area contributed by atoms with Crippen LogP contribution >= 0.6 is 0 Å². The van der Waals surface area contributed by atoms with Gasteiger partial charge in [0, 0.05) is 6.07 Å². The first-order valence-electron chi connectivity index (χ1n) is 5.06. The Bertz CT molecular complexity index is 573. The molecule has 4 heteroatoms. The molecule has 0 bridgehead atoms. The smallest absolute Gasteiger partial charge is 0.339 e. The summed E-state index contributed by atoms with van der Waals surface area (Å²) in [7, 11) is 1.49. The third-order valence-electron chi connectivity index (χ3n) is 2.10. The summed E-state index contributed by atoms with van der Waals surface area (Å²) < 4.78 is 9.92. The number of nitrogens with zero attached hydrogens (tertiary/aromatic N) is 1. The molecule has 0 atom stereocenters. The summed E-state index contributed by atoms with van der Waals surface area (Å²) in [6.07, 6.45) is 1.49. The van der Waals surface area contributed by atoms with Crippen molar-refractivity contribution >= 4 is 11.9 Å². The number of ether oxygens (including phenoxy) is 1. The van der Waals surface area contributed by atoms with Crippen molar-refractivity contribution in [2.45, 2.75) is 0 Å². The molecule has 2 rings (SSSR count). The van der Waals surface area contributed by atoms with Gasteiger partial charge in [-0.3, -0.25) is 4.99 Å². The van der Waals surface area contributed by atoms with E-state index < -0.39 is 5.63 Å². The Hall–Kier alpha value is -2.36. The molecule has 0 N–H and O–H groups in total. The van der Waals surface area contributed by atoms with Crippen molar-refractivity contribution in [3.63, 3.8) is 0 Å². The monoisotopic (exact) mass is 229 g/mol. The Labute approximate surface area is 98.2 Å². The van der Waals surface area contributed by atoms with Crippen molar-refractivity contribution in [3.05, 3.63) is 58.6 Å². The largest absolute Gasteiger partial charge is 0.496 e. The molecule has 0 unspecified atom stereocenters. The number of hydrogen-bond acceptors (Lipinski definition) is 4. The molecule has 86 valence electrons. The third kappa shape index (κ3) is 3.04. The van der Waals surface area contributed by atoms with Crippen LogP contribution in [-0.4, -0.2) is 13.3 Å². The van der Waals surface area contributed by atoms with Gasteiger partial charge in [0.2, 0.25) is 0 Å². The van der Waals surface area contributed by atoms with E-state index in [1.807, 2.05) is 30.3 Å². The van der Waals surface area contributed by atoms with E-state index in [1.54, 1.807) is 6.07 Å². The summed E-state index contributed by atoms with van der Waals surface area (Å²) in [4.78, 5) is 15.4. The molecule has 0 saturated carbocycles.